The van der Waals surface area contributed by atoms with E-state index in [2.05, 4.69) is 10.3 Å². The van der Waals surface area contributed by atoms with E-state index in [9.17, 15) is 9.18 Å². The number of anilines is 1. The molecule has 106 valence electrons. The molecule has 0 fully saturated rings. The number of pyridine rings is 1. The van der Waals surface area contributed by atoms with Gasteiger partial charge in [-0.2, -0.15) is 5.26 Å². The zero-order chi connectivity index (χ0) is 15.2. The molecule has 21 heavy (non-hydrogen) atoms. The maximum absolute atomic E-state index is 12.8. The minimum Gasteiger partial charge on any atom is -0.325 e. The molecule has 1 heterocycles. The van der Waals surface area contributed by atoms with Crippen LogP contribution in [0.15, 0.2) is 41.4 Å². The van der Waals surface area contributed by atoms with E-state index in [0.29, 0.717) is 16.3 Å². The number of rotatable bonds is 4. The molecule has 1 N–H and O–H groups in total. The van der Waals surface area contributed by atoms with Crippen molar-refractivity contribution in [1.82, 2.24) is 4.98 Å². The highest BCUT2D eigenvalue weighted by Gasteiger charge is 2.09. The monoisotopic (exact) mass is 301 g/mol. The van der Waals surface area contributed by atoms with Gasteiger partial charge < -0.3 is 5.32 Å². The van der Waals surface area contributed by atoms with Crippen molar-refractivity contribution in [3.05, 3.63) is 53.5 Å². The van der Waals surface area contributed by atoms with Crippen LogP contribution in [0.2, 0.25) is 0 Å². The predicted molar refractivity (Wildman–Crippen MR) is 79.4 cm³/mol. The number of carbonyl (C=O) groups is 1. The van der Waals surface area contributed by atoms with Gasteiger partial charge >= 0.3 is 0 Å². The van der Waals surface area contributed by atoms with Crippen molar-refractivity contribution in [3.63, 3.8) is 0 Å². The van der Waals surface area contributed by atoms with E-state index in [1.807, 2.05) is 13.0 Å². The Morgan fingerprint density at radius 3 is 2.71 bits per heavy atom. The quantitative estimate of drug-likeness (QED) is 0.881. The summed E-state index contributed by atoms with van der Waals surface area (Å²) in [4.78, 5) is 16.1. The second-order valence-corrected chi connectivity index (χ2v) is 5.22. The number of nitrogens with one attached hydrogen (secondary N) is 1. The molecule has 0 spiro atoms. The topological polar surface area (TPSA) is 65.8 Å². The summed E-state index contributed by atoms with van der Waals surface area (Å²) in [6, 6.07) is 11.0. The fourth-order valence-corrected chi connectivity index (χ4v) is 2.41. The highest BCUT2D eigenvalue weighted by Crippen LogP contribution is 2.20. The summed E-state index contributed by atoms with van der Waals surface area (Å²) in [7, 11) is 0. The van der Waals surface area contributed by atoms with Crippen molar-refractivity contribution in [2.24, 2.45) is 0 Å². The Morgan fingerprint density at radius 2 is 2.05 bits per heavy atom. The third-order valence-electron chi connectivity index (χ3n) is 2.59. The smallest absolute Gasteiger partial charge is 0.234 e. The van der Waals surface area contributed by atoms with Gasteiger partial charge in [-0.15, -0.1) is 0 Å². The first kappa shape index (κ1) is 15.0. The Morgan fingerprint density at radius 1 is 1.33 bits per heavy atom. The second kappa shape index (κ2) is 6.86. The van der Waals surface area contributed by atoms with Gasteiger partial charge in [0.15, 0.2) is 0 Å². The SMILES string of the molecule is Cc1ccc(C#N)c(SCC(=O)Nc2ccc(F)cc2)n1. The first-order valence-corrected chi connectivity index (χ1v) is 7.13. The van der Waals surface area contributed by atoms with Gasteiger partial charge in [0.25, 0.3) is 0 Å². The number of hydrogen-bond donors (Lipinski definition) is 1. The van der Waals surface area contributed by atoms with E-state index in [1.165, 1.54) is 36.0 Å². The highest BCUT2D eigenvalue weighted by atomic mass is 32.2. The van der Waals surface area contributed by atoms with E-state index in [-0.39, 0.29) is 17.5 Å². The summed E-state index contributed by atoms with van der Waals surface area (Å²) in [6.45, 7) is 1.82. The molecule has 4 nitrogen and oxygen atoms in total. The van der Waals surface area contributed by atoms with Crippen LogP contribution >= 0.6 is 11.8 Å². The van der Waals surface area contributed by atoms with Crippen LogP contribution in [0.25, 0.3) is 0 Å². The standard InChI is InChI=1S/C15H12FN3OS/c1-10-2-3-11(8-17)15(18-10)21-9-14(20)19-13-6-4-12(16)5-7-13/h2-7H,9H2,1H3,(H,19,20). The number of aryl methyl sites for hydroxylation is 1. The van der Waals surface area contributed by atoms with Crippen LogP contribution in [0, 0.1) is 24.1 Å². The Hall–Kier alpha value is -2.39. The van der Waals surface area contributed by atoms with Crippen LogP contribution in [0.4, 0.5) is 10.1 Å². The Labute approximate surface area is 126 Å². The largest absolute Gasteiger partial charge is 0.325 e. The maximum Gasteiger partial charge on any atom is 0.234 e. The minimum absolute atomic E-state index is 0.127. The molecule has 0 bridgehead atoms. The molecule has 0 saturated heterocycles. The third kappa shape index (κ3) is 4.29. The summed E-state index contributed by atoms with van der Waals surface area (Å²) in [5.41, 5.74) is 1.76. The molecule has 6 heteroatoms. The molecule has 1 aromatic heterocycles. The van der Waals surface area contributed by atoms with Crippen LogP contribution in [0.1, 0.15) is 11.3 Å². The van der Waals surface area contributed by atoms with Crippen LogP contribution < -0.4 is 5.32 Å². The number of halogens is 1. The van der Waals surface area contributed by atoms with E-state index >= 15 is 0 Å². The molecule has 1 aromatic carbocycles. The van der Waals surface area contributed by atoms with Crippen molar-refractivity contribution in [3.8, 4) is 6.07 Å². The molecule has 1 amide bonds. The number of hydrogen-bond acceptors (Lipinski definition) is 4. The molecule has 0 aliphatic carbocycles. The normalized spacial score (nSPS) is 9.95. The van der Waals surface area contributed by atoms with Gasteiger partial charge in [-0.05, 0) is 43.3 Å². The lowest BCUT2D eigenvalue weighted by Crippen LogP contribution is -2.14. The van der Waals surface area contributed by atoms with Gasteiger partial charge in [0.2, 0.25) is 5.91 Å². The first-order valence-electron chi connectivity index (χ1n) is 6.14. The van der Waals surface area contributed by atoms with E-state index < -0.39 is 0 Å². The summed E-state index contributed by atoms with van der Waals surface area (Å²) >= 11 is 1.20. The molecular formula is C15H12FN3OS. The third-order valence-corrected chi connectivity index (χ3v) is 3.58. The number of benzene rings is 1. The maximum atomic E-state index is 12.8. The second-order valence-electron chi connectivity index (χ2n) is 4.26. The van der Waals surface area contributed by atoms with Crippen molar-refractivity contribution in [2.45, 2.75) is 11.9 Å². The van der Waals surface area contributed by atoms with Crippen LogP contribution in [0.5, 0.6) is 0 Å². The molecule has 2 aromatic rings. The summed E-state index contributed by atoms with van der Waals surface area (Å²) < 4.78 is 12.8. The van der Waals surface area contributed by atoms with Crippen molar-refractivity contribution in [1.29, 1.82) is 5.26 Å². The van der Waals surface area contributed by atoms with Crippen LogP contribution in [0.3, 0.4) is 0 Å². The molecule has 0 unspecified atom stereocenters. The molecular weight excluding hydrogens is 289 g/mol. The lowest BCUT2D eigenvalue weighted by molar-refractivity contribution is -0.113. The van der Waals surface area contributed by atoms with E-state index in [4.69, 9.17) is 5.26 Å². The van der Waals surface area contributed by atoms with E-state index in [0.717, 1.165) is 5.69 Å². The Bertz CT molecular complexity index is 695. The number of amides is 1. The van der Waals surface area contributed by atoms with Gasteiger partial charge in [-0.1, -0.05) is 11.8 Å². The predicted octanol–water partition coefficient (Wildman–Crippen LogP) is 3.13. The minimum atomic E-state index is -0.356. The van der Waals surface area contributed by atoms with Crippen molar-refractivity contribution >= 4 is 23.4 Å². The Kier molecular flexibility index (Phi) is 4.90. The molecule has 0 aliphatic heterocycles. The lowest BCUT2D eigenvalue weighted by atomic mass is 10.3. The number of nitriles is 1. The van der Waals surface area contributed by atoms with Crippen molar-refractivity contribution < 1.29 is 9.18 Å². The molecule has 2 rings (SSSR count). The first-order chi connectivity index (χ1) is 10.1. The average Bonchev–Trinajstić information content (AvgIpc) is 2.48. The van der Waals surface area contributed by atoms with Gasteiger partial charge in [0, 0.05) is 11.4 Å². The molecule has 0 saturated carbocycles. The lowest BCUT2D eigenvalue weighted by Gasteiger charge is -2.06. The summed E-state index contributed by atoms with van der Waals surface area (Å²) in [5.74, 6) is -0.466. The summed E-state index contributed by atoms with van der Waals surface area (Å²) in [6.07, 6.45) is 0. The number of thioether (sulfide) groups is 1. The molecule has 0 aliphatic rings. The highest BCUT2D eigenvalue weighted by molar-refractivity contribution is 8.00. The fraction of sp³-hybridized carbons (Fsp3) is 0.133. The summed E-state index contributed by atoms with van der Waals surface area (Å²) in [5, 5.41) is 12.2. The number of nitrogens with zero attached hydrogens (tertiary/aromatic N) is 2. The number of carbonyl (C=O) groups excluding carboxylic acids is 1. The van der Waals surface area contributed by atoms with E-state index in [1.54, 1.807) is 12.1 Å². The average molecular weight is 301 g/mol. The van der Waals surface area contributed by atoms with Gasteiger partial charge in [0.05, 0.1) is 11.3 Å². The van der Waals surface area contributed by atoms with Gasteiger partial charge in [-0.25, -0.2) is 9.37 Å². The zero-order valence-corrected chi connectivity index (χ0v) is 12.1. The fourth-order valence-electron chi connectivity index (χ4n) is 1.59. The van der Waals surface area contributed by atoms with Gasteiger partial charge in [0.1, 0.15) is 16.9 Å². The van der Waals surface area contributed by atoms with Gasteiger partial charge in [-0.3, -0.25) is 4.79 Å². The number of aromatic nitrogens is 1. The zero-order valence-electron chi connectivity index (χ0n) is 11.3. The Balaban J connectivity index is 1.97. The molecule has 0 radical (unpaired) electrons. The van der Waals surface area contributed by atoms with Crippen LogP contribution in [-0.4, -0.2) is 16.6 Å². The van der Waals surface area contributed by atoms with Crippen LogP contribution in [-0.2, 0) is 4.79 Å². The van der Waals surface area contributed by atoms with Crippen molar-refractivity contribution in [2.75, 3.05) is 11.1 Å². The molecule has 0 atom stereocenters.